The van der Waals surface area contributed by atoms with Crippen molar-refractivity contribution in [2.75, 3.05) is 0 Å². The number of rotatable bonds is 9. The molecule has 0 amide bonds. The standard InChI is InChI=1S/C22H23ClN6O.C6H6O3S/c1-2-3-8-20-24-21(23)19(14-30)29(20)13-15-9-11-16(12-10-15)17-6-4-5-7-18(17)22-25-27-28-26-22;7-10(8,9)6-4-2-1-3-5-6/h4-7,9-12,30H,2-3,8,13-14H2,1H3,(H,25,26,27,28);1-5H,(H,7,8,9). The Kier molecular flexibility index (Phi) is 9.78. The number of benzene rings is 3. The zero-order chi connectivity index (χ0) is 28.5. The topological polar surface area (TPSA) is 147 Å². The van der Waals surface area contributed by atoms with E-state index in [-0.39, 0.29) is 11.5 Å². The van der Waals surface area contributed by atoms with E-state index in [1.807, 2.05) is 28.8 Å². The Morgan fingerprint density at radius 1 is 0.950 bits per heavy atom. The number of aryl methyl sites for hydroxylation is 1. The molecule has 40 heavy (non-hydrogen) atoms. The largest absolute Gasteiger partial charge is 0.390 e. The predicted octanol–water partition coefficient (Wildman–Crippen LogP) is 5.20. The fourth-order valence-corrected chi connectivity index (χ4v) is 4.90. The molecule has 5 aromatic rings. The second kappa shape index (κ2) is 13.4. The smallest absolute Gasteiger partial charge is 0.294 e. The molecule has 208 valence electrons. The number of imidazole rings is 1. The van der Waals surface area contributed by atoms with Crippen LogP contribution in [0.3, 0.4) is 0 Å². The van der Waals surface area contributed by atoms with Crippen LogP contribution in [0, 0.1) is 0 Å². The highest BCUT2D eigenvalue weighted by molar-refractivity contribution is 7.85. The molecule has 0 unspecified atom stereocenters. The maximum absolute atomic E-state index is 10.4. The molecule has 2 heterocycles. The lowest BCUT2D eigenvalue weighted by atomic mass is 9.98. The molecule has 0 spiro atoms. The van der Waals surface area contributed by atoms with Crippen LogP contribution in [0.25, 0.3) is 22.5 Å². The summed E-state index contributed by atoms with van der Waals surface area (Å²) in [4.78, 5) is 4.39. The highest BCUT2D eigenvalue weighted by Crippen LogP contribution is 2.30. The highest BCUT2D eigenvalue weighted by atomic mass is 35.5. The zero-order valence-corrected chi connectivity index (χ0v) is 23.3. The number of unbranched alkanes of at least 4 members (excludes halogenated alkanes) is 1. The van der Waals surface area contributed by atoms with Gasteiger partial charge in [0.15, 0.2) is 5.15 Å². The predicted molar refractivity (Wildman–Crippen MR) is 152 cm³/mol. The molecule has 0 aliphatic rings. The van der Waals surface area contributed by atoms with Crippen LogP contribution in [-0.2, 0) is 29.7 Å². The molecule has 0 saturated carbocycles. The van der Waals surface area contributed by atoms with Crippen molar-refractivity contribution < 1.29 is 18.1 Å². The van der Waals surface area contributed by atoms with Crippen LogP contribution in [0.4, 0.5) is 0 Å². The Morgan fingerprint density at radius 3 is 2.20 bits per heavy atom. The minimum absolute atomic E-state index is 0.0741. The molecule has 2 aromatic heterocycles. The van der Waals surface area contributed by atoms with Gasteiger partial charge in [0, 0.05) is 18.5 Å². The molecule has 5 rings (SSSR count). The summed E-state index contributed by atoms with van der Waals surface area (Å²) >= 11 is 6.26. The Hall–Kier alpha value is -3.90. The minimum Gasteiger partial charge on any atom is -0.390 e. The van der Waals surface area contributed by atoms with Gasteiger partial charge in [0.25, 0.3) is 10.1 Å². The summed E-state index contributed by atoms with van der Waals surface area (Å²) in [5.41, 5.74) is 4.80. The van der Waals surface area contributed by atoms with Crippen molar-refractivity contribution in [1.82, 2.24) is 30.2 Å². The van der Waals surface area contributed by atoms with Crippen LogP contribution >= 0.6 is 11.6 Å². The van der Waals surface area contributed by atoms with E-state index in [9.17, 15) is 13.5 Å². The van der Waals surface area contributed by atoms with Crippen LogP contribution in [0.2, 0.25) is 5.15 Å². The third-order valence-corrected chi connectivity index (χ3v) is 7.34. The molecule has 0 atom stereocenters. The summed E-state index contributed by atoms with van der Waals surface area (Å²) in [6.45, 7) is 2.63. The summed E-state index contributed by atoms with van der Waals surface area (Å²) in [7, 11) is -4.00. The molecule has 0 radical (unpaired) electrons. The monoisotopic (exact) mass is 580 g/mol. The summed E-state index contributed by atoms with van der Waals surface area (Å²) in [6.07, 6.45) is 2.95. The van der Waals surface area contributed by atoms with E-state index < -0.39 is 10.1 Å². The van der Waals surface area contributed by atoms with Gasteiger partial charge in [0.05, 0.1) is 17.2 Å². The molecule has 10 nitrogen and oxygen atoms in total. The van der Waals surface area contributed by atoms with Gasteiger partial charge >= 0.3 is 0 Å². The van der Waals surface area contributed by atoms with Crippen molar-refractivity contribution in [1.29, 1.82) is 0 Å². The SMILES string of the molecule is CCCCc1nc(Cl)c(CO)n1Cc1ccc(-c2ccccc2-c2nn[nH]n2)cc1.O=S(=O)(O)c1ccccc1. The Bertz CT molecular complexity index is 1620. The first-order chi connectivity index (χ1) is 19.3. The number of hydrogen-bond donors (Lipinski definition) is 3. The van der Waals surface area contributed by atoms with Crippen molar-refractivity contribution >= 4 is 21.7 Å². The summed E-state index contributed by atoms with van der Waals surface area (Å²) in [5.74, 6) is 1.48. The van der Waals surface area contributed by atoms with Gasteiger partial charge in [-0.3, -0.25) is 4.55 Å². The van der Waals surface area contributed by atoms with Crippen LogP contribution < -0.4 is 0 Å². The van der Waals surface area contributed by atoms with Crippen LogP contribution in [0.15, 0.2) is 83.8 Å². The van der Waals surface area contributed by atoms with E-state index in [1.165, 1.54) is 12.1 Å². The quantitative estimate of drug-likeness (QED) is 0.202. The van der Waals surface area contributed by atoms with Crippen LogP contribution in [0.1, 0.15) is 36.8 Å². The first kappa shape index (κ1) is 29.1. The number of aliphatic hydroxyl groups is 1. The molecular weight excluding hydrogens is 552 g/mol. The number of H-pyrrole nitrogens is 1. The average Bonchev–Trinajstić information content (AvgIpc) is 3.61. The summed E-state index contributed by atoms with van der Waals surface area (Å²) < 4.78 is 31.3. The lowest BCUT2D eigenvalue weighted by Gasteiger charge is -2.12. The van der Waals surface area contributed by atoms with Gasteiger partial charge < -0.3 is 9.67 Å². The van der Waals surface area contributed by atoms with Crippen LogP contribution in [0.5, 0.6) is 0 Å². The fraction of sp³-hybridized carbons (Fsp3) is 0.214. The van der Waals surface area contributed by atoms with Gasteiger partial charge in [0.1, 0.15) is 5.82 Å². The van der Waals surface area contributed by atoms with Gasteiger partial charge in [-0.05, 0) is 40.5 Å². The molecule has 0 aliphatic carbocycles. The van der Waals surface area contributed by atoms with Crippen molar-refractivity contribution in [2.24, 2.45) is 0 Å². The Morgan fingerprint density at radius 2 is 1.62 bits per heavy atom. The van der Waals surface area contributed by atoms with E-state index in [1.54, 1.807) is 18.2 Å². The molecule has 0 fully saturated rings. The lowest BCUT2D eigenvalue weighted by Crippen LogP contribution is -2.09. The van der Waals surface area contributed by atoms with E-state index in [4.69, 9.17) is 16.2 Å². The normalized spacial score (nSPS) is 11.2. The van der Waals surface area contributed by atoms with Gasteiger partial charge in [-0.25, -0.2) is 4.98 Å². The third kappa shape index (κ3) is 7.19. The number of aliphatic hydroxyl groups excluding tert-OH is 1. The molecule has 3 aromatic carbocycles. The zero-order valence-electron chi connectivity index (χ0n) is 21.8. The van der Waals surface area contributed by atoms with E-state index in [0.717, 1.165) is 47.3 Å². The van der Waals surface area contributed by atoms with Crippen molar-refractivity contribution in [3.63, 3.8) is 0 Å². The molecule has 3 N–H and O–H groups in total. The Balaban J connectivity index is 0.000000312. The maximum Gasteiger partial charge on any atom is 0.294 e. The van der Waals surface area contributed by atoms with Crippen molar-refractivity contribution in [3.8, 4) is 22.5 Å². The molecule has 0 saturated heterocycles. The van der Waals surface area contributed by atoms with Gasteiger partial charge in [-0.15, -0.1) is 10.2 Å². The first-order valence-corrected chi connectivity index (χ1v) is 14.4. The molecular formula is C28H29ClN6O4S. The third-order valence-electron chi connectivity index (χ3n) is 6.17. The number of nitrogens with zero attached hydrogens (tertiary/aromatic N) is 5. The number of hydrogen-bond acceptors (Lipinski definition) is 7. The Labute approximate surface area is 237 Å². The molecule has 0 bridgehead atoms. The first-order valence-electron chi connectivity index (χ1n) is 12.6. The highest BCUT2D eigenvalue weighted by Gasteiger charge is 2.16. The number of tetrazole rings is 1. The van der Waals surface area contributed by atoms with Crippen molar-refractivity contribution in [3.05, 3.63) is 101 Å². The second-order valence-electron chi connectivity index (χ2n) is 8.88. The average molecular weight is 581 g/mol. The summed E-state index contributed by atoms with van der Waals surface area (Å²) in [6, 6.07) is 23.7. The van der Waals surface area contributed by atoms with E-state index in [2.05, 4.69) is 56.8 Å². The minimum atomic E-state index is -4.00. The van der Waals surface area contributed by atoms with Crippen molar-refractivity contribution in [2.45, 2.75) is 44.2 Å². The van der Waals surface area contributed by atoms with Gasteiger partial charge in [-0.2, -0.15) is 13.6 Å². The maximum atomic E-state index is 10.4. The second-order valence-corrected chi connectivity index (χ2v) is 10.7. The fourth-order valence-electron chi connectivity index (χ4n) is 4.14. The number of aromatic amines is 1. The molecule has 12 heteroatoms. The number of halogens is 1. The number of aromatic nitrogens is 6. The summed E-state index contributed by atoms with van der Waals surface area (Å²) in [5, 5.41) is 24.5. The number of nitrogens with one attached hydrogen (secondary N) is 1. The van der Waals surface area contributed by atoms with Gasteiger partial charge in [-0.1, -0.05) is 91.7 Å². The lowest BCUT2D eigenvalue weighted by molar-refractivity contribution is 0.271. The van der Waals surface area contributed by atoms with Gasteiger partial charge in [0.2, 0.25) is 5.82 Å². The molecule has 0 aliphatic heterocycles. The van der Waals surface area contributed by atoms with E-state index >= 15 is 0 Å². The van der Waals surface area contributed by atoms with Crippen LogP contribution in [-0.4, -0.2) is 48.3 Å². The van der Waals surface area contributed by atoms with E-state index in [0.29, 0.717) is 23.2 Å².